The van der Waals surface area contributed by atoms with Gasteiger partial charge in [0.2, 0.25) is 0 Å². The van der Waals surface area contributed by atoms with Gasteiger partial charge in [-0.25, -0.2) is 0 Å². The summed E-state index contributed by atoms with van der Waals surface area (Å²) in [5.41, 5.74) is 0. The lowest BCUT2D eigenvalue weighted by molar-refractivity contribution is -0.149. The molecule has 1 N–H and O–H groups in total. The SMILES string of the molecule is CCNC(=NCCCc1nnc2n1CCCCC2)N1CCCC(C(=O)OCC)C1.I. The lowest BCUT2D eigenvalue weighted by Crippen LogP contribution is -2.48. The van der Waals surface area contributed by atoms with Crippen molar-refractivity contribution >= 4 is 35.9 Å². The Balaban J connectivity index is 0.00000320. The summed E-state index contributed by atoms with van der Waals surface area (Å²) >= 11 is 0. The Hall–Kier alpha value is -1.39. The third-order valence-corrected chi connectivity index (χ3v) is 5.68. The second-order valence-electron chi connectivity index (χ2n) is 7.87. The largest absolute Gasteiger partial charge is 0.466 e. The van der Waals surface area contributed by atoms with E-state index in [2.05, 4.69) is 31.9 Å². The Kier molecular flexibility index (Phi) is 10.9. The Morgan fingerprint density at radius 3 is 2.87 bits per heavy atom. The zero-order chi connectivity index (χ0) is 20.5. The monoisotopic (exact) mass is 532 g/mol. The maximum Gasteiger partial charge on any atom is 0.310 e. The van der Waals surface area contributed by atoms with Crippen LogP contribution in [0.25, 0.3) is 0 Å². The molecule has 8 nitrogen and oxygen atoms in total. The van der Waals surface area contributed by atoms with Crippen LogP contribution in [-0.2, 0) is 28.9 Å². The van der Waals surface area contributed by atoms with Gasteiger partial charge < -0.3 is 19.5 Å². The topological polar surface area (TPSA) is 84.6 Å². The smallest absolute Gasteiger partial charge is 0.310 e. The third kappa shape index (κ3) is 6.81. The fourth-order valence-electron chi connectivity index (χ4n) is 4.20. The number of aliphatic imine (C=N–C) groups is 1. The van der Waals surface area contributed by atoms with Crippen molar-refractivity contribution in [2.75, 3.05) is 32.8 Å². The molecule has 1 aromatic rings. The molecule has 9 heteroatoms. The minimum atomic E-state index is -0.0828. The number of halogens is 1. The number of nitrogens with zero attached hydrogens (tertiary/aromatic N) is 5. The summed E-state index contributed by atoms with van der Waals surface area (Å²) in [6.07, 6.45) is 8.50. The van der Waals surface area contributed by atoms with Gasteiger partial charge in [0.15, 0.2) is 5.96 Å². The molecule has 0 radical (unpaired) electrons. The van der Waals surface area contributed by atoms with Crippen LogP contribution in [-0.4, -0.2) is 64.4 Å². The zero-order valence-corrected chi connectivity index (χ0v) is 20.8. The van der Waals surface area contributed by atoms with Crippen molar-refractivity contribution in [2.24, 2.45) is 10.9 Å². The number of hydrogen-bond acceptors (Lipinski definition) is 5. The molecule has 0 aliphatic carbocycles. The van der Waals surface area contributed by atoms with E-state index in [0.29, 0.717) is 13.2 Å². The van der Waals surface area contributed by atoms with Crippen molar-refractivity contribution in [2.45, 2.75) is 71.8 Å². The standard InChI is InChI=1S/C21H36N6O2.HI/c1-3-22-21(26-14-9-10-17(16-26)20(28)29-4-2)23-13-8-12-19-25-24-18-11-6-5-7-15-27(18)19;/h17H,3-16H2,1-2H3,(H,22,23);1H. The van der Waals surface area contributed by atoms with E-state index < -0.39 is 0 Å². The van der Waals surface area contributed by atoms with Gasteiger partial charge >= 0.3 is 5.97 Å². The van der Waals surface area contributed by atoms with Gasteiger partial charge in [0.05, 0.1) is 12.5 Å². The minimum Gasteiger partial charge on any atom is -0.466 e. The summed E-state index contributed by atoms with van der Waals surface area (Å²) in [5, 5.41) is 12.2. The molecular weight excluding hydrogens is 495 g/mol. The van der Waals surface area contributed by atoms with Gasteiger partial charge in [-0.2, -0.15) is 0 Å². The van der Waals surface area contributed by atoms with E-state index in [1.807, 2.05) is 6.92 Å². The van der Waals surface area contributed by atoms with Crippen LogP contribution in [0.2, 0.25) is 0 Å². The number of fused-ring (bicyclic) bond motifs is 1. The van der Waals surface area contributed by atoms with Crippen molar-refractivity contribution in [3.63, 3.8) is 0 Å². The summed E-state index contributed by atoms with van der Waals surface area (Å²) in [5.74, 6) is 3.01. The molecule has 1 aromatic heterocycles. The van der Waals surface area contributed by atoms with Crippen LogP contribution >= 0.6 is 24.0 Å². The van der Waals surface area contributed by atoms with Crippen LogP contribution in [0, 0.1) is 5.92 Å². The lowest BCUT2D eigenvalue weighted by Gasteiger charge is -2.34. The molecular formula is C21H37IN6O2. The molecule has 1 fully saturated rings. The highest BCUT2D eigenvalue weighted by atomic mass is 127. The first-order valence-corrected chi connectivity index (χ1v) is 11.3. The number of likely N-dealkylation sites (tertiary alicyclic amines) is 1. The number of esters is 1. The van der Waals surface area contributed by atoms with Crippen molar-refractivity contribution in [3.8, 4) is 0 Å². The second kappa shape index (κ2) is 13.1. The molecule has 2 aliphatic rings. The van der Waals surface area contributed by atoms with E-state index in [1.54, 1.807) is 0 Å². The Morgan fingerprint density at radius 1 is 1.20 bits per heavy atom. The summed E-state index contributed by atoms with van der Waals surface area (Å²) in [6, 6.07) is 0. The first-order valence-electron chi connectivity index (χ1n) is 11.3. The molecule has 0 aromatic carbocycles. The molecule has 3 heterocycles. The second-order valence-corrected chi connectivity index (χ2v) is 7.87. The first kappa shape index (κ1) is 24.9. The van der Waals surface area contributed by atoms with Gasteiger partial charge in [0, 0.05) is 45.6 Å². The highest BCUT2D eigenvalue weighted by Crippen LogP contribution is 2.18. The van der Waals surface area contributed by atoms with Gasteiger partial charge in [-0.05, 0) is 46.0 Å². The summed E-state index contributed by atoms with van der Waals surface area (Å²) in [4.78, 5) is 19.2. The fraction of sp³-hybridized carbons (Fsp3) is 0.810. The summed E-state index contributed by atoms with van der Waals surface area (Å²) in [7, 11) is 0. The molecule has 0 spiro atoms. The van der Waals surface area contributed by atoms with Crippen molar-refractivity contribution in [1.82, 2.24) is 25.0 Å². The lowest BCUT2D eigenvalue weighted by atomic mass is 9.98. The van der Waals surface area contributed by atoms with Crippen LogP contribution < -0.4 is 5.32 Å². The van der Waals surface area contributed by atoms with Gasteiger partial charge in [-0.3, -0.25) is 9.79 Å². The number of guanidine groups is 1. The average Bonchev–Trinajstić information content (AvgIpc) is 2.96. The highest BCUT2D eigenvalue weighted by Gasteiger charge is 2.28. The van der Waals surface area contributed by atoms with E-state index in [9.17, 15) is 4.79 Å². The van der Waals surface area contributed by atoms with Gasteiger partial charge in [0.25, 0.3) is 0 Å². The molecule has 3 rings (SSSR count). The highest BCUT2D eigenvalue weighted by molar-refractivity contribution is 14.0. The van der Waals surface area contributed by atoms with Gasteiger partial charge in [0.1, 0.15) is 11.6 Å². The molecule has 1 saturated heterocycles. The number of piperidine rings is 1. The van der Waals surface area contributed by atoms with Crippen LogP contribution in [0.3, 0.4) is 0 Å². The predicted octanol–water partition coefficient (Wildman–Crippen LogP) is 2.80. The van der Waals surface area contributed by atoms with Crippen LogP contribution in [0.5, 0.6) is 0 Å². The molecule has 2 aliphatic heterocycles. The van der Waals surface area contributed by atoms with E-state index in [4.69, 9.17) is 9.73 Å². The number of hydrogen-bond donors (Lipinski definition) is 1. The van der Waals surface area contributed by atoms with E-state index in [0.717, 1.165) is 75.9 Å². The van der Waals surface area contributed by atoms with Gasteiger partial charge in [-0.1, -0.05) is 6.42 Å². The number of rotatable bonds is 7. The molecule has 0 bridgehead atoms. The van der Waals surface area contributed by atoms with Crippen LogP contribution in [0.15, 0.2) is 4.99 Å². The van der Waals surface area contributed by atoms with E-state index >= 15 is 0 Å². The van der Waals surface area contributed by atoms with Crippen molar-refractivity contribution in [1.29, 1.82) is 0 Å². The maximum atomic E-state index is 12.1. The van der Waals surface area contributed by atoms with Gasteiger partial charge in [-0.15, -0.1) is 34.2 Å². The number of aromatic nitrogens is 3. The molecule has 1 unspecified atom stereocenters. The van der Waals surface area contributed by atoms with E-state index in [-0.39, 0.29) is 35.9 Å². The number of nitrogens with one attached hydrogen (secondary N) is 1. The van der Waals surface area contributed by atoms with Crippen molar-refractivity contribution < 1.29 is 9.53 Å². The Bertz CT molecular complexity index is 693. The predicted molar refractivity (Wildman–Crippen MR) is 128 cm³/mol. The molecule has 1 atom stereocenters. The van der Waals surface area contributed by atoms with Crippen molar-refractivity contribution in [3.05, 3.63) is 11.6 Å². The molecule has 170 valence electrons. The Labute approximate surface area is 197 Å². The number of carbonyl (C=O) groups excluding carboxylic acids is 1. The molecule has 0 saturated carbocycles. The number of carbonyl (C=O) groups is 1. The Morgan fingerprint density at radius 2 is 2.07 bits per heavy atom. The molecule has 0 amide bonds. The normalized spacial score (nSPS) is 19.5. The quantitative estimate of drug-likeness (QED) is 0.191. The van der Waals surface area contributed by atoms with Crippen LogP contribution in [0.4, 0.5) is 0 Å². The van der Waals surface area contributed by atoms with E-state index in [1.165, 1.54) is 19.3 Å². The first-order chi connectivity index (χ1) is 14.2. The average molecular weight is 532 g/mol. The summed E-state index contributed by atoms with van der Waals surface area (Å²) in [6.45, 7) is 8.60. The third-order valence-electron chi connectivity index (χ3n) is 5.68. The molecule has 30 heavy (non-hydrogen) atoms. The minimum absolute atomic E-state index is 0. The maximum absolute atomic E-state index is 12.1. The number of aryl methyl sites for hydroxylation is 2. The van der Waals surface area contributed by atoms with Crippen LogP contribution in [0.1, 0.15) is 64.0 Å². The number of ether oxygens (including phenoxy) is 1. The fourth-order valence-corrected chi connectivity index (χ4v) is 4.20. The summed E-state index contributed by atoms with van der Waals surface area (Å²) < 4.78 is 7.54. The zero-order valence-electron chi connectivity index (χ0n) is 18.4.